The number of hydrogen-bond donors (Lipinski definition) is 1. The van der Waals surface area contributed by atoms with Crippen molar-refractivity contribution >= 4 is 23.4 Å². The van der Waals surface area contributed by atoms with Crippen LogP contribution in [0.2, 0.25) is 0 Å². The zero-order valence-electron chi connectivity index (χ0n) is 19.4. The minimum absolute atomic E-state index is 0.155. The topological polar surface area (TPSA) is 59.0 Å². The van der Waals surface area contributed by atoms with Crippen molar-refractivity contribution in [2.75, 3.05) is 26.2 Å². The predicted molar refractivity (Wildman–Crippen MR) is 131 cm³/mol. The number of halogens is 3. The second-order valence-electron chi connectivity index (χ2n) is 9.04. The molecule has 5 nitrogen and oxygen atoms in total. The molecule has 188 valence electrons. The summed E-state index contributed by atoms with van der Waals surface area (Å²) in [5, 5.41) is 9.02. The first-order valence-corrected chi connectivity index (χ1v) is 12.3. The Kier molecular flexibility index (Phi) is 6.53. The molecule has 0 bridgehead atoms. The molecule has 1 unspecified atom stereocenters. The number of carboxylic acid groups (broad SMARTS) is 1. The first kappa shape index (κ1) is 24.4. The molecular formula is C27H24F3NO4S. The maximum absolute atomic E-state index is 13.7. The summed E-state index contributed by atoms with van der Waals surface area (Å²) in [6, 6.07) is 15.5. The van der Waals surface area contributed by atoms with Crippen LogP contribution in [0.4, 0.5) is 13.2 Å². The maximum atomic E-state index is 13.7. The summed E-state index contributed by atoms with van der Waals surface area (Å²) in [7, 11) is 0. The SMILES string of the molecule is CC(Oc1ccc2c(c1)OCC(CN1CC(C(=O)O)C1)=C2)c1cc(-c2ccccc2)c(C(F)(F)F)s1. The third kappa shape index (κ3) is 5.12. The van der Waals surface area contributed by atoms with Crippen molar-refractivity contribution in [2.24, 2.45) is 5.92 Å². The largest absolute Gasteiger partial charge is 0.488 e. The minimum Gasteiger partial charge on any atom is -0.488 e. The molecule has 0 aliphatic carbocycles. The number of rotatable bonds is 7. The van der Waals surface area contributed by atoms with Crippen LogP contribution in [0.5, 0.6) is 11.5 Å². The fraction of sp³-hybridized carbons (Fsp3) is 0.296. The third-order valence-electron chi connectivity index (χ3n) is 6.30. The molecule has 5 rings (SSSR count). The highest BCUT2D eigenvalue weighted by molar-refractivity contribution is 7.12. The van der Waals surface area contributed by atoms with E-state index in [0.29, 0.717) is 59.5 Å². The highest BCUT2D eigenvalue weighted by Gasteiger charge is 2.37. The molecule has 1 atom stereocenters. The van der Waals surface area contributed by atoms with E-state index in [1.165, 1.54) is 0 Å². The summed E-state index contributed by atoms with van der Waals surface area (Å²) >= 11 is 0.701. The van der Waals surface area contributed by atoms with Crippen LogP contribution in [0.25, 0.3) is 17.2 Å². The van der Waals surface area contributed by atoms with Gasteiger partial charge >= 0.3 is 12.1 Å². The number of ether oxygens (including phenoxy) is 2. The molecule has 3 aromatic rings. The summed E-state index contributed by atoms with van der Waals surface area (Å²) in [5.74, 6) is 0.0834. The number of carboxylic acids is 1. The lowest BCUT2D eigenvalue weighted by Gasteiger charge is -2.37. The number of likely N-dealkylation sites (tertiary alicyclic amines) is 1. The van der Waals surface area contributed by atoms with E-state index >= 15 is 0 Å². The second kappa shape index (κ2) is 9.63. The maximum Gasteiger partial charge on any atom is 0.426 e. The average molecular weight is 516 g/mol. The molecule has 36 heavy (non-hydrogen) atoms. The van der Waals surface area contributed by atoms with Crippen LogP contribution < -0.4 is 9.47 Å². The van der Waals surface area contributed by atoms with Gasteiger partial charge in [0, 0.05) is 41.7 Å². The van der Waals surface area contributed by atoms with Gasteiger partial charge in [-0.3, -0.25) is 9.69 Å². The number of nitrogens with zero attached hydrogens (tertiary/aromatic N) is 1. The Morgan fingerprint density at radius 1 is 1.19 bits per heavy atom. The van der Waals surface area contributed by atoms with Gasteiger partial charge in [-0.25, -0.2) is 0 Å². The number of carbonyl (C=O) groups is 1. The van der Waals surface area contributed by atoms with Gasteiger partial charge in [-0.2, -0.15) is 13.2 Å². The molecule has 1 aromatic heterocycles. The van der Waals surface area contributed by atoms with E-state index < -0.39 is 23.1 Å². The number of hydrogen-bond acceptors (Lipinski definition) is 5. The summed E-state index contributed by atoms with van der Waals surface area (Å²) < 4.78 is 53.1. The first-order valence-electron chi connectivity index (χ1n) is 11.5. The lowest BCUT2D eigenvalue weighted by atomic mass is 9.98. The van der Waals surface area contributed by atoms with E-state index in [9.17, 15) is 18.0 Å². The molecule has 2 aliphatic rings. The van der Waals surface area contributed by atoms with Gasteiger partial charge in [-0.1, -0.05) is 30.3 Å². The molecule has 0 spiro atoms. The van der Waals surface area contributed by atoms with Gasteiger partial charge in [0.05, 0.1) is 5.92 Å². The van der Waals surface area contributed by atoms with Crippen molar-refractivity contribution in [1.29, 1.82) is 0 Å². The Bertz CT molecular complexity index is 1300. The van der Waals surface area contributed by atoms with Crippen LogP contribution >= 0.6 is 11.3 Å². The van der Waals surface area contributed by atoms with E-state index in [2.05, 4.69) is 4.90 Å². The van der Waals surface area contributed by atoms with Crippen LogP contribution in [0.1, 0.15) is 28.3 Å². The highest BCUT2D eigenvalue weighted by Crippen LogP contribution is 2.45. The van der Waals surface area contributed by atoms with Crippen LogP contribution in [0.3, 0.4) is 0 Å². The van der Waals surface area contributed by atoms with Crippen LogP contribution in [0.15, 0.2) is 60.2 Å². The van der Waals surface area contributed by atoms with E-state index in [1.54, 1.807) is 55.5 Å². The van der Waals surface area contributed by atoms with Crippen LogP contribution in [-0.4, -0.2) is 42.2 Å². The van der Waals surface area contributed by atoms with Crippen LogP contribution in [-0.2, 0) is 11.0 Å². The Hall–Kier alpha value is -3.30. The van der Waals surface area contributed by atoms with Crippen molar-refractivity contribution < 1.29 is 32.5 Å². The van der Waals surface area contributed by atoms with Gasteiger partial charge in [-0.05, 0) is 42.3 Å². The van der Waals surface area contributed by atoms with Gasteiger partial charge in [0.15, 0.2) is 0 Å². The van der Waals surface area contributed by atoms with Crippen molar-refractivity contribution in [3.05, 3.63) is 75.5 Å². The summed E-state index contributed by atoms with van der Waals surface area (Å²) in [6.07, 6.45) is -3.02. The number of aliphatic carboxylic acids is 1. The second-order valence-corrected chi connectivity index (χ2v) is 10.1. The van der Waals surface area contributed by atoms with Crippen LogP contribution in [0, 0.1) is 5.92 Å². The lowest BCUT2D eigenvalue weighted by Crippen LogP contribution is -2.51. The van der Waals surface area contributed by atoms with Gasteiger partial charge in [0.1, 0.15) is 29.1 Å². The molecule has 0 radical (unpaired) electrons. The Labute approximate surface area is 210 Å². The standard InChI is InChI=1S/C27H24F3NO4S/c1-16(24-11-22(18-5-3-2-4-6-18)25(36-24)27(28,29)30)35-21-8-7-19-9-17(15-34-23(19)10-21)12-31-13-20(14-31)26(32)33/h2-11,16,20H,12-15H2,1H3,(H,32,33). The average Bonchev–Trinajstić information content (AvgIpc) is 3.28. The van der Waals surface area contributed by atoms with E-state index in [-0.39, 0.29) is 11.5 Å². The molecule has 1 saturated heterocycles. The third-order valence-corrected chi connectivity index (χ3v) is 7.64. The Morgan fingerprint density at radius 3 is 2.64 bits per heavy atom. The fourth-order valence-corrected chi connectivity index (χ4v) is 5.44. The van der Waals surface area contributed by atoms with Gasteiger partial charge in [0.25, 0.3) is 0 Å². The van der Waals surface area contributed by atoms with Crippen molar-refractivity contribution in [1.82, 2.24) is 4.90 Å². The highest BCUT2D eigenvalue weighted by atomic mass is 32.1. The van der Waals surface area contributed by atoms with Gasteiger partial charge < -0.3 is 14.6 Å². The summed E-state index contributed by atoms with van der Waals surface area (Å²) in [6.45, 7) is 3.85. The fourth-order valence-electron chi connectivity index (χ4n) is 4.41. The van der Waals surface area contributed by atoms with E-state index in [4.69, 9.17) is 14.6 Å². The van der Waals surface area contributed by atoms with E-state index in [1.807, 2.05) is 12.1 Å². The van der Waals surface area contributed by atoms with Crippen molar-refractivity contribution in [3.8, 4) is 22.6 Å². The smallest absolute Gasteiger partial charge is 0.426 e. The zero-order chi connectivity index (χ0) is 25.4. The zero-order valence-corrected chi connectivity index (χ0v) is 20.2. The minimum atomic E-state index is -4.46. The molecule has 0 amide bonds. The molecule has 2 aliphatic heterocycles. The molecule has 1 N–H and O–H groups in total. The number of alkyl halides is 3. The number of benzene rings is 2. The Balaban J connectivity index is 1.29. The molecule has 1 fully saturated rings. The monoisotopic (exact) mass is 515 g/mol. The molecule has 9 heteroatoms. The molecule has 2 aromatic carbocycles. The lowest BCUT2D eigenvalue weighted by molar-refractivity contribution is -0.147. The van der Waals surface area contributed by atoms with Crippen molar-refractivity contribution in [3.63, 3.8) is 0 Å². The molecule has 3 heterocycles. The number of thiophene rings is 1. The Morgan fingerprint density at radius 2 is 1.94 bits per heavy atom. The van der Waals surface area contributed by atoms with Gasteiger partial charge in [-0.15, -0.1) is 11.3 Å². The van der Waals surface area contributed by atoms with Crippen molar-refractivity contribution in [2.45, 2.75) is 19.2 Å². The number of fused-ring (bicyclic) bond motifs is 1. The quantitative estimate of drug-likeness (QED) is 0.397. The van der Waals surface area contributed by atoms with Gasteiger partial charge in [0.2, 0.25) is 0 Å². The summed E-state index contributed by atoms with van der Waals surface area (Å²) in [5.41, 5.74) is 2.61. The normalized spacial score (nSPS) is 16.9. The first-order chi connectivity index (χ1) is 17.2. The summed E-state index contributed by atoms with van der Waals surface area (Å²) in [4.78, 5) is 12.9. The molecule has 0 saturated carbocycles. The van der Waals surface area contributed by atoms with E-state index in [0.717, 1.165) is 11.1 Å². The predicted octanol–water partition coefficient (Wildman–Crippen LogP) is 6.37. The molecular weight excluding hydrogens is 491 g/mol.